The minimum absolute atomic E-state index is 0.0610. The number of Topliss-reactive ketones (excluding diaryl/α,β-unsaturated/α-hetero) is 2. The van der Waals surface area contributed by atoms with Crippen molar-refractivity contribution in [2.45, 2.75) is 25.7 Å². The number of amides is 1. The van der Waals surface area contributed by atoms with Crippen LogP contribution in [0.1, 0.15) is 36.0 Å². The maximum Gasteiger partial charge on any atom is 0.299 e. The molecule has 110 valence electrons. The number of anilines is 1. The predicted octanol–water partition coefficient (Wildman–Crippen LogP) is 2.77. The van der Waals surface area contributed by atoms with Gasteiger partial charge in [-0.3, -0.25) is 14.4 Å². The Labute approximate surface area is 125 Å². The van der Waals surface area contributed by atoms with E-state index in [2.05, 4.69) is 0 Å². The molecule has 0 bridgehead atoms. The lowest BCUT2D eigenvalue weighted by Gasteiger charge is -2.18. The van der Waals surface area contributed by atoms with Crippen LogP contribution in [0.4, 0.5) is 10.1 Å². The maximum atomic E-state index is 13.6. The number of carbonyl (C=O) groups excluding carboxylic acids is 3. The van der Waals surface area contributed by atoms with Gasteiger partial charge in [-0.1, -0.05) is 11.6 Å². The fourth-order valence-corrected chi connectivity index (χ4v) is 3.15. The summed E-state index contributed by atoms with van der Waals surface area (Å²) < 4.78 is 13.6. The number of nitrogens with zero attached hydrogens (tertiary/aromatic N) is 1. The molecular formula is C15H13ClFNO3. The Morgan fingerprint density at radius 1 is 1.29 bits per heavy atom. The number of rotatable bonds is 3. The van der Waals surface area contributed by atoms with E-state index in [1.807, 2.05) is 0 Å². The zero-order valence-corrected chi connectivity index (χ0v) is 12.0. The Hall–Kier alpha value is -1.75. The smallest absolute Gasteiger partial charge is 0.299 e. The Kier molecular flexibility index (Phi) is 3.53. The van der Waals surface area contributed by atoms with Crippen molar-refractivity contribution in [1.29, 1.82) is 0 Å². The van der Waals surface area contributed by atoms with Crippen molar-refractivity contribution >= 4 is 34.8 Å². The highest BCUT2D eigenvalue weighted by molar-refractivity contribution is 6.52. The van der Waals surface area contributed by atoms with E-state index in [0.29, 0.717) is 12.8 Å². The fourth-order valence-electron chi connectivity index (χ4n) is 2.99. The molecular weight excluding hydrogens is 297 g/mol. The molecule has 1 heterocycles. The molecule has 21 heavy (non-hydrogen) atoms. The normalized spacial score (nSPS) is 21.3. The van der Waals surface area contributed by atoms with Gasteiger partial charge in [-0.25, -0.2) is 4.39 Å². The highest BCUT2D eigenvalue weighted by Crippen LogP contribution is 2.34. The van der Waals surface area contributed by atoms with Gasteiger partial charge in [0.2, 0.25) is 0 Å². The average molecular weight is 310 g/mol. The first-order chi connectivity index (χ1) is 9.99. The molecule has 1 amide bonds. The van der Waals surface area contributed by atoms with Crippen LogP contribution in [-0.4, -0.2) is 24.0 Å². The van der Waals surface area contributed by atoms with Crippen molar-refractivity contribution in [3.05, 3.63) is 28.5 Å². The number of fused-ring (bicyclic) bond motifs is 1. The summed E-state index contributed by atoms with van der Waals surface area (Å²) in [6.45, 7) is 0.245. The minimum atomic E-state index is -0.683. The average Bonchev–Trinajstić information content (AvgIpc) is 2.95. The van der Waals surface area contributed by atoms with Crippen molar-refractivity contribution in [3.8, 4) is 0 Å². The second kappa shape index (κ2) is 5.22. The summed E-state index contributed by atoms with van der Waals surface area (Å²) in [5.41, 5.74) is 0.376. The van der Waals surface area contributed by atoms with E-state index in [0.717, 1.165) is 18.9 Å². The van der Waals surface area contributed by atoms with Crippen LogP contribution in [0.2, 0.25) is 5.02 Å². The van der Waals surface area contributed by atoms with E-state index in [9.17, 15) is 18.8 Å². The molecule has 1 atom stereocenters. The first-order valence-electron chi connectivity index (χ1n) is 6.87. The second-order valence-corrected chi connectivity index (χ2v) is 5.82. The third kappa shape index (κ3) is 2.35. The van der Waals surface area contributed by atoms with Crippen LogP contribution in [0.3, 0.4) is 0 Å². The summed E-state index contributed by atoms with van der Waals surface area (Å²) in [6, 6.07) is 2.30. The molecule has 4 nitrogen and oxygen atoms in total. The standard InChI is InChI=1S/C15H13ClFNO3/c16-10-6-9-12(7-11(10)17)18(15(21)14(9)20)5-4-8-2-1-3-13(8)19/h6-8H,1-5H2. The van der Waals surface area contributed by atoms with Crippen LogP contribution in [-0.2, 0) is 9.59 Å². The van der Waals surface area contributed by atoms with Crippen molar-refractivity contribution in [1.82, 2.24) is 0 Å². The maximum absolute atomic E-state index is 13.6. The van der Waals surface area contributed by atoms with Crippen molar-refractivity contribution < 1.29 is 18.8 Å². The third-order valence-electron chi connectivity index (χ3n) is 4.15. The van der Waals surface area contributed by atoms with Gasteiger partial charge in [0.1, 0.15) is 11.6 Å². The molecule has 1 fully saturated rings. The van der Waals surface area contributed by atoms with Crippen molar-refractivity contribution in [2.75, 3.05) is 11.4 Å². The minimum Gasteiger partial charge on any atom is -0.305 e. The first kappa shape index (κ1) is 14.2. The van der Waals surface area contributed by atoms with Crippen LogP contribution in [0.25, 0.3) is 0 Å². The van der Waals surface area contributed by atoms with Crippen molar-refractivity contribution in [2.24, 2.45) is 5.92 Å². The highest BCUT2D eigenvalue weighted by atomic mass is 35.5. The van der Waals surface area contributed by atoms with E-state index in [-0.39, 0.29) is 34.5 Å². The fraction of sp³-hybridized carbons (Fsp3) is 0.400. The zero-order chi connectivity index (χ0) is 15.1. The van der Waals surface area contributed by atoms with Gasteiger partial charge in [0.05, 0.1) is 16.3 Å². The van der Waals surface area contributed by atoms with Gasteiger partial charge in [-0.2, -0.15) is 0 Å². The Balaban J connectivity index is 1.84. The van der Waals surface area contributed by atoms with E-state index >= 15 is 0 Å². The molecule has 1 saturated carbocycles. The summed E-state index contributed by atoms with van der Waals surface area (Å²) in [6.07, 6.45) is 2.77. The lowest BCUT2D eigenvalue weighted by Crippen LogP contribution is -2.32. The number of hydrogen-bond donors (Lipinski definition) is 0. The van der Waals surface area contributed by atoms with Gasteiger partial charge >= 0.3 is 0 Å². The van der Waals surface area contributed by atoms with E-state index < -0.39 is 17.5 Å². The van der Waals surface area contributed by atoms with Crippen LogP contribution < -0.4 is 4.90 Å². The summed E-state index contributed by atoms with van der Waals surface area (Å²) >= 11 is 5.65. The van der Waals surface area contributed by atoms with Crippen molar-refractivity contribution in [3.63, 3.8) is 0 Å². The monoisotopic (exact) mass is 309 g/mol. The summed E-state index contributed by atoms with van der Waals surface area (Å²) in [7, 11) is 0. The number of halogens is 2. The number of hydrogen-bond acceptors (Lipinski definition) is 3. The molecule has 0 aromatic heterocycles. The van der Waals surface area contributed by atoms with Gasteiger partial charge in [-0.15, -0.1) is 0 Å². The number of carbonyl (C=O) groups is 3. The third-order valence-corrected chi connectivity index (χ3v) is 4.44. The summed E-state index contributed by atoms with van der Waals surface area (Å²) in [5.74, 6) is -1.88. The number of benzene rings is 1. The lowest BCUT2D eigenvalue weighted by molar-refractivity contribution is -0.121. The van der Waals surface area contributed by atoms with Gasteiger partial charge in [0.15, 0.2) is 0 Å². The van der Waals surface area contributed by atoms with Gasteiger partial charge < -0.3 is 4.90 Å². The highest BCUT2D eigenvalue weighted by Gasteiger charge is 2.37. The molecule has 1 aromatic carbocycles. The molecule has 1 aliphatic carbocycles. The largest absolute Gasteiger partial charge is 0.305 e. The molecule has 3 rings (SSSR count). The van der Waals surface area contributed by atoms with Crippen LogP contribution in [0, 0.1) is 11.7 Å². The molecule has 1 aromatic rings. The molecule has 0 radical (unpaired) electrons. The molecule has 1 unspecified atom stereocenters. The topological polar surface area (TPSA) is 54.5 Å². The van der Waals surface area contributed by atoms with E-state index in [4.69, 9.17) is 11.6 Å². The van der Waals surface area contributed by atoms with E-state index in [1.165, 1.54) is 11.0 Å². The molecule has 0 spiro atoms. The Morgan fingerprint density at radius 2 is 2.05 bits per heavy atom. The second-order valence-electron chi connectivity index (χ2n) is 5.41. The number of ketones is 2. The first-order valence-corrected chi connectivity index (χ1v) is 7.25. The Morgan fingerprint density at radius 3 is 2.71 bits per heavy atom. The van der Waals surface area contributed by atoms with Crippen LogP contribution >= 0.6 is 11.6 Å². The van der Waals surface area contributed by atoms with Crippen LogP contribution in [0.5, 0.6) is 0 Å². The quantitative estimate of drug-likeness (QED) is 0.807. The summed E-state index contributed by atoms with van der Waals surface area (Å²) in [4.78, 5) is 36.8. The SMILES string of the molecule is O=C1C(=O)N(CCC2CCCC2=O)c2cc(F)c(Cl)cc21. The predicted molar refractivity (Wildman–Crippen MR) is 75.1 cm³/mol. The van der Waals surface area contributed by atoms with Crippen LogP contribution in [0.15, 0.2) is 12.1 Å². The van der Waals surface area contributed by atoms with Gasteiger partial charge in [-0.05, 0) is 31.4 Å². The van der Waals surface area contributed by atoms with Gasteiger partial charge in [0.25, 0.3) is 11.7 Å². The van der Waals surface area contributed by atoms with Gasteiger partial charge in [0, 0.05) is 18.9 Å². The molecule has 2 aliphatic rings. The molecule has 6 heteroatoms. The zero-order valence-electron chi connectivity index (χ0n) is 11.2. The molecule has 0 saturated heterocycles. The molecule has 1 aliphatic heterocycles. The lowest BCUT2D eigenvalue weighted by atomic mass is 10.0. The molecule has 0 N–H and O–H groups in total. The Bertz CT molecular complexity index is 659. The van der Waals surface area contributed by atoms with E-state index in [1.54, 1.807) is 0 Å². The summed E-state index contributed by atoms with van der Waals surface area (Å²) in [5, 5.41) is -0.178.